The first-order valence-electron chi connectivity index (χ1n) is 11.2. The Labute approximate surface area is 185 Å². The SMILES string of the molecule is Cc1ccc(C)c2c1N(CCCOc1ccc(C(C)(C)C)cc1)C(=O)C21OCCCO1. The van der Waals surface area contributed by atoms with Gasteiger partial charge in [0.2, 0.25) is 0 Å². The number of hydrogen-bond donors (Lipinski definition) is 0. The van der Waals surface area contributed by atoms with Gasteiger partial charge < -0.3 is 19.1 Å². The van der Waals surface area contributed by atoms with Gasteiger partial charge in [0.1, 0.15) is 5.75 Å². The van der Waals surface area contributed by atoms with Crippen LogP contribution in [0.2, 0.25) is 0 Å². The molecular weight excluding hydrogens is 390 g/mol. The third kappa shape index (κ3) is 3.97. The van der Waals surface area contributed by atoms with Crippen molar-refractivity contribution in [2.24, 2.45) is 0 Å². The summed E-state index contributed by atoms with van der Waals surface area (Å²) in [5.41, 5.74) is 5.29. The van der Waals surface area contributed by atoms with Crippen molar-refractivity contribution in [3.8, 4) is 5.75 Å². The van der Waals surface area contributed by atoms with Crippen molar-refractivity contribution in [1.29, 1.82) is 0 Å². The van der Waals surface area contributed by atoms with E-state index in [1.807, 2.05) is 36.9 Å². The molecule has 2 aliphatic heterocycles. The van der Waals surface area contributed by atoms with E-state index in [0.717, 1.165) is 41.0 Å². The molecule has 0 saturated carbocycles. The molecule has 0 N–H and O–H groups in total. The quantitative estimate of drug-likeness (QED) is 0.635. The number of hydrogen-bond acceptors (Lipinski definition) is 4. The molecule has 166 valence electrons. The van der Waals surface area contributed by atoms with Crippen LogP contribution in [0.25, 0.3) is 0 Å². The Bertz CT molecular complexity index is 953. The zero-order valence-corrected chi connectivity index (χ0v) is 19.3. The van der Waals surface area contributed by atoms with Gasteiger partial charge in [-0.3, -0.25) is 4.79 Å². The lowest BCUT2D eigenvalue weighted by Gasteiger charge is -2.33. The van der Waals surface area contributed by atoms with Crippen LogP contribution in [0.1, 0.15) is 55.9 Å². The number of carbonyl (C=O) groups is 1. The molecule has 5 nitrogen and oxygen atoms in total. The summed E-state index contributed by atoms with van der Waals surface area (Å²) in [5.74, 6) is -0.550. The van der Waals surface area contributed by atoms with Gasteiger partial charge in [0.05, 0.1) is 25.5 Å². The van der Waals surface area contributed by atoms with E-state index in [4.69, 9.17) is 14.2 Å². The average Bonchev–Trinajstić information content (AvgIpc) is 2.98. The molecule has 2 heterocycles. The average molecular weight is 424 g/mol. The van der Waals surface area contributed by atoms with Crippen LogP contribution in [0.4, 0.5) is 5.69 Å². The molecule has 31 heavy (non-hydrogen) atoms. The van der Waals surface area contributed by atoms with Crippen LogP contribution in [0.15, 0.2) is 36.4 Å². The highest BCUT2D eigenvalue weighted by molar-refractivity contribution is 6.07. The summed E-state index contributed by atoms with van der Waals surface area (Å²) in [5, 5.41) is 0. The normalized spacial score (nSPS) is 17.8. The van der Waals surface area contributed by atoms with Crippen LogP contribution >= 0.6 is 0 Å². The predicted octanol–water partition coefficient (Wildman–Crippen LogP) is 5.01. The largest absolute Gasteiger partial charge is 0.494 e. The maximum Gasteiger partial charge on any atom is 0.292 e. The minimum Gasteiger partial charge on any atom is -0.494 e. The van der Waals surface area contributed by atoms with Crippen molar-refractivity contribution in [2.75, 3.05) is 31.3 Å². The number of ether oxygens (including phenoxy) is 3. The fourth-order valence-corrected chi connectivity index (χ4v) is 4.42. The van der Waals surface area contributed by atoms with Gasteiger partial charge in [-0.15, -0.1) is 0 Å². The van der Waals surface area contributed by atoms with Crippen LogP contribution < -0.4 is 9.64 Å². The number of amides is 1. The molecule has 0 aromatic heterocycles. The van der Waals surface area contributed by atoms with Crippen molar-refractivity contribution >= 4 is 11.6 Å². The second-order valence-corrected chi connectivity index (χ2v) is 9.52. The maximum atomic E-state index is 13.5. The van der Waals surface area contributed by atoms with E-state index in [1.54, 1.807) is 0 Å². The minimum atomic E-state index is -1.28. The summed E-state index contributed by atoms with van der Waals surface area (Å²) >= 11 is 0. The molecule has 0 aliphatic carbocycles. The highest BCUT2D eigenvalue weighted by Crippen LogP contribution is 2.48. The lowest BCUT2D eigenvalue weighted by Crippen LogP contribution is -2.47. The number of anilines is 1. The van der Waals surface area contributed by atoms with Crippen molar-refractivity contribution in [1.82, 2.24) is 0 Å². The van der Waals surface area contributed by atoms with Gasteiger partial charge in [0, 0.05) is 12.1 Å². The number of fused-ring (bicyclic) bond motifs is 2. The number of nitrogens with zero attached hydrogens (tertiary/aromatic N) is 1. The van der Waals surface area contributed by atoms with Gasteiger partial charge in [0.15, 0.2) is 0 Å². The molecule has 2 aromatic rings. The lowest BCUT2D eigenvalue weighted by molar-refractivity contribution is -0.257. The minimum absolute atomic E-state index is 0.117. The van der Waals surface area contributed by atoms with Gasteiger partial charge in [-0.05, 0) is 60.9 Å². The Morgan fingerprint density at radius 3 is 2.29 bits per heavy atom. The third-order valence-corrected chi connectivity index (χ3v) is 6.13. The summed E-state index contributed by atoms with van der Waals surface area (Å²) in [6.45, 7) is 12.8. The number of benzene rings is 2. The molecule has 4 rings (SSSR count). The first kappa shape index (κ1) is 21.8. The topological polar surface area (TPSA) is 48.0 Å². The highest BCUT2D eigenvalue weighted by atomic mass is 16.7. The Morgan fingerprint density at radius 2 is 1.65 bits per heavy atom. The van der Waals surface area contributed by atoms with Gasteiger partial charge in [0.25, 0.3) is 11.7 Å². The maximum absolute atomic E-state index is 13.5. The molecule has 0 atom stereocenters. The summed E-state index contributed by atoms with van der Waals surface area (Å²) in [4.78, 5) is 15.3. The fraction of sp³-hybridized carbons (Fsp3) is 0.500. The summed E-state index contributed by atoms with van der Waals surface area (Å²) in [6, 6.07) is 12.4. The Morgan fingerprint density at radius 1 is 1.00 bits per heavy atom. The second-order valence-electron chi connectivity index (χ2n) is 9.52. The molecule has 5 heteroatoms. The van der Waals surface area contributed by atoms with Crippen molar-refractivity contribution < 1.29 is 19.0 Å². The summed E-state index contributed by atoms with van der Waals surface area (Å²) in [6.07, 6.45) is 1.52. The fourth-order valence-electron chi connectivity index (χ4n) is 4.42. The smallest absolute Gasteiger partial charge is 0.292 e. The molecule has 0 bridgehead atoms. The van der Waals surface area contributed by atoms with E-state index >= 15 is 0 Å². The van der Waals surface area contributed by atoms with Gasteiger partial charge in [-0.2, -0.15) is 0 Å². The van der Waals surface area contributed by atoms with Crippen LogP contribution in [0, 0.1) is 13.8 Å². The molecule has 2 aliphatic rings. The Balaban J connectivity index is 1.46. The van der Waals surface area contributed by atoms with E-state index in [0.29, 0.717) is 26.4 Å². The molecular formula is C26H33NO4. The third-order valence-electron chi connectivity index (χ3n) is 6.13. The van der Waals surface area contributed by atoms with Crippen molar-refractivity contribution in [3.05, 3.63) is 58.7 Å². The monoisotopic (exact) mass is 423 g/mol. The summed E-state index contributed by atoms with van der Waals surface area (Å²) < 4.78 is 17.9. The van der Waals surface area contributed by atoms with E-state index in [9.17, 15) is 4.79 Å². The Hall–Kier alpha value is -2.37. The molecule has 1 spiro atoms. The highest BCUT2D eigenvalue weighted by Gasteiger charge is 2.56. The lowest BCUT2D eigenvalue weighted by atomic mass is 9.87. The van der Waals surface area contributed by atoms with Crippen LogP contribution in [0.5, 0.6) is 5.75 Å². The summed E-state index contributed by atoms with van der Waals surface area (Å²) in [7, 11) is 0. The molecule has 1 fully saturated rings. The van der Waals surface area contributed by atoms with E-state index < -0.39 is 5.79 Å². The zero-order valence-electron chi connectivity index (χ0n) is 19.3. The van der Waals surface area contributed by atoms with E-state index in [1.165, 1.54) is 5.56 Å². The van der Waals surface area contributed by atoms with Gasteiger partial charge >= 0.3 is 0 Å². The number of aryl methyl sites for hydroxylation is 2. The number of rotatable bonds is 5. The molecule has 1 amide bonds. The first-order chi connectivity index (χ1) is 14.7. The molecule has 0 unspecified atom stereocenters. The predicted molar refractivity (Wildman–Crippen MR) is 122 cm³/mol. The first-order valence-corrected chi connectivity index (χ1v) is 11.2. The van der Waals surface area contributed by atoms with Crippen molar-refractivity contribution in [3.63, 3.8) is 0 Å². The molecule has 1 saturated heterocycles. The van der Waals surface area contributed by atoms with E-state index in [-0.39, 0.29) is 11.3 Å². The van der Waals surface area contributed by atoms with Crippen LogP contribution in [-0.4, -0.2) is 32.3 Å². The van der Waals surface area contributed by atoms with Crippen LogP contribution in [0.3, 0.4) is 0 Å². The van der Waals surface area contributed by atoms with Gasteiger partial charge in [-0.1, -0.05) is 45.0 Å². The van der Waals surface area contributed by atoms with Gasteiger partial charge in [-0.25, -0.2) is 0 Å². The van der Waals surface area contributed by atoms with Crippen LogP contribution in [-0.2, 0) is 25.5 Å². The standard InChI is InChI=1S/C26H33NO4/c1-18-8-9-19(2)23-22(18)26(30-16-7-17-31-26)24(28)27(23)14-6-15-29-21-12-10-20(11-13-21)25(3,4)5/h8-13H,6-7,14-17H2,1-5H3. The van der Waals surface area contributed by atoms with E-state index in [2.05, 4.69) is 39.0 Å². The number of carbonyl (C=O) groups excluding carboxylic acids is 1. The second kappa shape index (κ2) is 8.29. The molecule has 0 radical (unpaired) electrons. The zero-order chi connectivity index (χ0) is 22.2. The molecule has 2 aromatic carbocycles. The van der Waals surface area contributed by atoms with Crippen molar-refractivity contribution in [2.45, 2.75) is 58.7 Å². The Kier molecular flexibility index (Phi) is 5.84.